The number of hydrogen-bond donors (Lipinski definition) is 3. The average molecular weight is 672 g/mol. The van der Waals surface area contributed by atoms with E-state index in [1.54, 1.807) is 44.4 Å². The zero-order valence-corrected chi connectivity index (χ0v) is 28.3. The molecule has 3 heterocycles. The molecule has 264 valence electrons. The molecule has 0 spiro atoms. The van der Waals surface area contributed by atoms with Gasteiger partial charge in [0.15, 0.2) is 0 Å². The fourth-order valence-electron chi connectivity index (χ4n) is 6.54. The Bertz CT molecular complexity index is 1320. The van der Waals surface area contributed by atoms with Crippen molar-refractivity contribution in [1.29, 1.82) is 0 Å². The lowest BCUT2D eigenvalue weighted by Crippen LogP contribution is -2.55. The van der Waals surface area contributed by atoms with Crippen LogP contribution in [0.4, 0.5) is 0 Å². The molecule has 0 aliphatic carbocycles. The molecule has 0 aromatic heterocycles. The van der Waals surface area contributed by atoms with Gasteiger partial charge in [-0.05, 0) is 51.5 Å². The number of likely N-dealkylation sites (N-methyl/N-ethyl adjacent to an activating group) is 1. The quantitative estimate of drug-likeness (QED) is 0.349. The molecule has 0 bridgehead atoms. The van der Waals surface area contributed by atoms with Gasteiger partial charge < -0.3 is 40.0 Å². The third kappa shape index (κ3) is 9.83. The highest BCUT2D eigenvalue weighted by Gasteiger charge is 2.55. The van der Waals surface area contributed by atoms with Crippen LogP contribution in [0.3, 0.4) is 0 Å². The van der Waals surface area contributed by atoms with E-state index in [0.29, 0.717) is 57.7 Å². The summed E-state index contributed by atoms with van der Waals surface area (Å²) in [6, 6.07) is 5.62. The van der Waals surface area contributed by atoms with Crippen LogP contribution in [0, 0.1) is 5.92 Å². The second kappa shape index (κ2) is 17.0. The van der Waals surface area contributed by atoms with Gasteiger partial charge in [-0.15, -0.1) is 0 Å². The summed E-state index contributed by atoms with van der Waals surface area (Å²) in [5, 5.41) is 7.75. The fraction of sp³-hybridized carbons (Fsp3) is 0.647. The molecule has 14 nitrogen and oxygen atoms in total. The van der Waals surface area contributed by atoms with Crippen molar-refractivity contribution in [2.75, 3.05) is 53.6 Å². The van der Waals surface area contributed by atoms with Crippen LogP contribution >= 0.6 is 0 Å². The van der Waals surface area contributed by atoms with Crippen LogP contribution in [-0.4, -0.2) is 123 Å². The minimum Gasteiger partial charge on any atom is -0.379 e. The zero-order valence-electron chi connectivity index (χ0n) is 28.3. The fourth-order valence-corrected chi connectivity index (χ4v) is 6.54. The van der Waals surface area contributed by atoms with Crippen LogP contribution in [0.5, 0.6) is 0 Å². The summed E-state index contributed by atoms with van der Waals surface area (Å²) in [5.41, 5.74) is 0.0870. The molecule has 0 radical (unpaired) electrons. The molecule has 3 aliphatic rings. The number of ketones is 1. The van der Waals surface area contributed by atoms with Gasteiger partial charge in [0, 0.05) is 46.2 Å². The minimum absolute atomic E-state index is 0.147. The highest BCUT2D eigenvalue weighted by molar-refractivity contribution is 6.38. The first-order valence-electron chi connectivity index (χ1n) is 16.7. The molecule has 5 amide bonds. The molecule has 4 rings (SSSR count). The Kier molecular flexibility index (Phi) is 13.1. The van der Waals surface area contributed by atoms with Gasteiger partial charge in [0.1, 0.15) is 12.1 Å². The van der Waals surface area contributed by atoms with Crippen molar-refractivity contribution in [2.45, 2.75) is 82.2 Å². The summed E-state index contributed by atoms with van der Waals surface area (Å²) in [4.78, 5) is 82.4. The summed E-state index contributed by atoms with van der Waals surface area (Å²) in [6.07, 6.45) is 2.08. The van der Waals surface area contributed by atoms with E-state index in [4.69, 9.17) is 14.2 Å². The lowest BCUT2D eigenvalue weighted by Gasteiger charge is -2.30. The smallest absolute Gasteiger partial charge is 0.290 e. The Morgan fingerprint density at radius 3 is 2.38 bits per heavy atom. The third-order valence-electron chi connectivity index (χ3n) is 8.86. The molecule has 3 fully saturated rings. The normalized spacial score (nSPS) is 25.9. The Labute approximate surface area is 281 Å². The van der Waals surface area contributed by atoms with Crippen molar-refractivity contribution in [1.82, 2.24) is 25.8 Å². The molecule has 3 N–H and O–H groups in total. The second-order valence-electron chi connectivity index (χ2n) is 13.4. The van der Waals surface area contributed by atoms with E-state index in [1.165, 1.54) is 9.80 Å². The molecular weight excluding hydrogens is 622 g/mol. The van der Waals surface area contributed by atoms with E-state index in [0.717, 1.165) is 0 Å². The largest absolute Gasteiger partial charge is 0.379 e. The number of nitrogens with one attached hydrogen (secondary N) is 3. The van der Waals surface area contributed by atoms with Crippen molar-refractivity contribution >= 4 is 35.3 Å². The molecule has 3 aliphatic heterocycles. The number of rotatable bonds is 7. The summed E-state index contributed by atoms with van der Waals surface area (Å²) in [6.45, 7) is 5.14. The van der Waals surface area contributed by atoms with Gasteiger partial charge in [0.05, 0.1) is 37.5 Å². The number of nitrogens with zero attached hydrogens (tertiary/aromatic N) is 2. The van der Waals surface area contributed by atoms with E-state index in [9.17, 15) is 28.8 Å². The van der Waals surface area contributed by atoms with Crippen molar-refractivity contribution in [3.05, 3.63) is 35.9 Å². The second-order valence-corrected chi connectivity index (χ2v) is 13.4. The number of hydrogen-bond acceptors (Lipinski definition) is 9. The van der Waals surface area contributed by atoms with Crippen molar-refractivity contribution < 1.29 is 43.0 Å². The van der Waals surface area contributed by atoms with Gasteiger partial charge in [-0.2, -0.15) is 0 Å². The summed E-state index contributed by atoms with van der Waals surface area (Å²) < 4.78 is 17.4. The third-order valence-corrected chi connectivity index (χ3v) is 8.86. The minimum atomic E-state index is -1.20. The summed E-state index contributed by atoms with van der Waals surface area (Å²) in [5.74, 6) is -4.00. The van der Waals surface area contributed by atoms with Crippen LogP contribution < -0.4 is 16.0 Å². The molecule has 5 atom stereocenters. The lowest BCUT2D eigenvalue weighted by molar-refractivity contribution is -0.143. The first-order valence-corrected chi connectivity index (χ1v) is 16.7. The summed E-state index contributed by atoms with van der Waals surface area (Å²) in [7, 11) is 3.13. The maximum Gasteiger partial charge on any atom is 0.290 e. The first kappa shape index (κ1) is 36.9. The molecule has 3 saturated heterocycles. The molecule has 1 aromatic rings. The Balaban J connectivity index is 1.45. The Hall–Kier alpha value is -3.88. The van der Waals surface area contributed by atoms with E-state index < -0.39 is 53.8 Å². The zero-order chi connectivity index (χ0) is 34.8. The average Bonchev–Trinajstić information content (AvgIpc) is 3.55. The maximum absolute atomic E-state index is 13.9. The molecule has 14 heteroatoms. The number of Topliss-reactive ketones (excluding diaryl/α,β-unsaturated/α-hetero) is 1. The molecule has 48 heavy (non-hydrogen) atoms. The van der Waals surface area contributed by atoms with Gasteiger partial charge in [0.25, 0.3) is 5.91 Å². The predicted octanol–water partition coefficient (Wildman–Crippen LogP) is 0.494. The highest BCUT2D eigenvalue weighted by Crippen LogP contribution is 2.43. The maximum atomic E-state index is 13.9. The summed E-state index contributed by atoms with van der Waals surface area (Å²) >= 11 is 0. The van der Waals surface area contributed by atoms with E-state index in [2.05, 4.69) is 16.0 Å². The van der Waals surface area contributed by atoms with Gasteiger partial charge >= 0.3 is 0 Å². The van der Waals surface area contributed by atoms with Crippen molar-refractivity contribution in [3.63, 3.8) is 0 Å². The van der Waals surface area contributed by atoms with Crippen LogP contribution in [0.25, 0.3) is 0 Å². The molecule has 0 saturated carbocycles. The van der Waals surface area contributed by atoms with Crippen molar-refractivity contribution in [3.8, 4) is 0 Å². The van der Waals surface area contributed by atoms with E-state index in [1.807, 2.05) is 13.8 Å². The van der Waals surface area contributed by atoms with Gasteiger partial charge in [-0.3, -0.25) is 28.8 Å². The predicted molar refractivity (Wildman–Crippen MR) is 173 cm³/mol. The van der Waals surface area contributed by atoms with E-state index >= 15 is 0 Å². The molecule has 0 unspecified atom stereocenters. The standard InChI is InChI=1S/C34H49N5O9/c1-34(2)19-23-25(48-34)21-39-27(41)14-10-16-47-18-17-46-15-9-8-13-24(36-31(43)29(23)39)30(42)32(44)35-20-26(40)37-28(33(45)38(3)4)22-11-6-5-7-12-22/h5-7,11-12,23-25,28-29H,8-10,13-21H2,1-4H3,(H,35,44)(H,36,43)(H,37,40)/t23-,24-,25-,28-,29-/m0/s1. The number of fused-ring (bicyclic) bond motifs is 3. The molecule has 1 aromatic carbocycles. The Morgan fingerprint density at radius 1 is 1.00 bits per heavy atom. The number of benzene rings is 1. The monoisotopic (exact) mass is 671 g/mol. The number of carbonyl (C=O) groups is 6. The number of carbonyl (C=O) groups excluding carboxylic acids is 6. The SMILES string of the molecule is CN(C)C(=O)[C@@H](NC(=O)CNC(=O)C(=O)[C@@H]1CCCCOCCOCCCC(=O)N2C[C@@H]3OC(C)(C)C[C@@H]3[C@H]2C(=O)N1)c1ccccc1. The number of amides is 5. The van der Waals surface area contributed by atoms with E-state index in [-0.39, 0.29) is 43.2 Å². The highest BCUT2D eigenvalue weighted by atomic mass is 16.5. The lowest BCUT2D eigenvalue weighted by atomic mass is 9.89. The van der Waals surface area contributed by atoms with Crippen molar-refractivity contribution in [2.24, 2.45) is 5.92 Å². The van der Waals surface area contributed by atoms with Gasteiger partial charge in [-0.25, -0.2) is 0 Å². The van der Waals surface area contributed by atoms with Gasteiger partial charge in [-0.1, -0.05) is 30.3 Å². The van der Waals surface area contributed by atoms with Crippen LogP contribution in [0.2, 0.25) is 0 Å². The van der Waals surface area contributed by atoms with Crippen LogP contribution in [0.15, 0.2) is 30.3 Å². The Morgan fingerprint density at radius 2 is 1.69 bits per heavy atom. The van der Waals surface area contributed by atoms with Gasteiger partial charge in [0.2, 0.25) is 29.4 Å². The molecular formula is C34H49N5O9. The number of ether oxygens (including phenoxy) is 3. The first-order chi connectivity index (χ1) is 22.9. The van der Waals surface area contributed by atoms with Crippen LogP contribution in [0.1, 0.15) is 64.0 Å². The van der Waals surface area contributed by atoms with Crippen LogP contribution in [-0.2, 0) is 43.0 Å². The topological polar surface area (TPSA) is 173 Å².